The predicted octanol–water partition coefficient (Wildman–Crippen LogP) is 2.40. The second-order valence-corrected chi connectivity index (χ2v) is 4.33. The number of imidazole rings is 1. The van der Waals surface area contributed by atoms with Crippen molar-refractivity contribution in [1.29, 1.82) is 0 Å². The lowest BCUT2D eigenvalue weighted by atomic mass is 10.3. The third kappa shape index (κ3) is 2.48. The average Bonchev–Trinajstić information content (AvgIpc) is 2.74. The first-order chi connectivity index (χ1) is 8.80. The number of hydrogen-bond donors (Lipinski definition) is 1. The molecule has 0 radical (unpaired) electrons. The summed E-state index contributed by atoms with van der Waals surface area (Å²) in [6.07, 6.45) is 4.15. The van der Waals surface area contributed by atoms with Crippen LogP contribution in [0.5, 0.6) is 5.75 Å². The Morgan fingerprint density at radius 1 is 1.39 bits per heavy atom. The highest BCUT2D eigenvalue weighted by Gasteiger charge is 2.10. The van der Waals surface area contributed by atoms with Gasteiger partial charge in [-0.2, -0.15) is 0 Å². The van der Waals surface area contributed by atoms with Gasteiger partial charge in [0.15, 0.2) is 0 Å². The maximum Gasteiger partial charge on any atom is 0.122 e. The number of fused-ring (bicyclic) bond motifs is 1. The predicted molar refractivity (Wildman–Crippen MR) is 73.1 cm³/mol. The molecule has 4 heteroatoms. The number of nitrogens with one attached hydrogen (secondary N) is 1. The zero-order chi connectivity index (χ0) is 13.0. The van der Waals surface area contributed by atoms with Crippen LogP contribution >= 0.6 is 0 Å². The minimum atomic E-state index is 0.802. The van der Waals surface area contributed by atoms with Gasteiger partial charge in [-0.15, -0.1) is 0 Å². The monoisotopic (exact) mass is 247 g/mol. The summed E-state index contributed by atoms with van der Waals surface area (Å²) in [5, 5.41) is 3.33. The SMILES string of the molecule is CCCc1nc(CNCC)c2cc(OC)ccn12. The molecule has 0 aliphatic heterocycles. The zero-order valence-corrected chi connectivity index (χ0v) is 11.4. The fraction of sp³-hybridized carbons (Fsp3) is 0.500. The van der Waals surface area contributed by atoms with Gasteiger partial charge in [-0.05, 0) is 19.0 Å². The maximum atomic E-state index is 5.29. The van der Waals surface area contributed by atoms with E-state index in [9.17, 15) is 0 Å². The Balaban J connectivity index is 2.46. The minimum Gasteiger partial charge on any atom is -0.497 e. The molecule has 0 saturated heterocycles. The lowest BCUT2D eigenvalue weighted by Crippen LogP contribution is -2.12. The third-order valence-electron chi connectivity index (χ3n) is 3.02. The number of hydrogen-bond acceptors (Lipinski definition) is 3. The fourth-order valence-electron chi connectivity index (χ4n) is 2.10. The van der Waals surface area contributed by atoms with Crippen LogP contribution in [0.3, 0.4) is 0 Å². The Morgan fingerprint density at radius 2 is 2.22 bits per heavy atom. The number of rotatable bonds is 6. The summed E-state index contributed by atoms with van der Waals surface area (Å²) in [6.45, 7) is 6.03. The van der Waals surface area contributed by atoms with Gasteiger partial charge in [0.05, 0.1) is 18.3 Å². The molecule has 0 aromatic carbocycles. The highest BCUT2D eigenvalue weighted by molar-refractivity contribution is 5.56. The molecule has 2 heterocycles. The lowest BCUT2D eigenvalue weighted by molar-refractivity contribution is 0.414. The van der Waals surface area contributed by atoms with Gasteiger partial charge in [-0.25, -0.2) is 4.98 Å². The van der Waals surface area contributed by atoms with E-state index >= 15 is 0 Å². The van der Waals surface area contributed by atoms with Crippen LogP contribution in [0.15, 0.2) is 18.3 Å². The van der Waals surface area contributed by atoms with Crippen molar-refractivity contribution in [3.8, 4) is 5.75 Å². The van der Waals surface area contributed by atoms with Gasteiger partial charge in [0.2, 0.25) is 0 Å². The van der Waals surface area contributed by atoms with E-state index in [-0.39, 0.29) is 0 Å². The molecule has 1 N–H and O–H groups in total. The van der Waals surface area contributed by atoms with Gasteiger partial charge in [0.1, 0.15) is 11.6 Å². The highest BCUT2D eigenvalue weighted by atomic mass is 16.5. The molecule has 0 saturated carbocycles. The Bertz CT molecular complexity index is 519. The molecule has 0 amide bonds. The van der Waals surface area contributed by atoms with Crippen molar-refractivity contribution in [3.05, 3.63) is 29.8 Å². The van der Waals surface area contributed by atoms with Crippen LogP contribution in [0.1, 0.15) is 31.8 Å². The first-order valence-corrected chi connectivity index (χ1v) is 6.54. The number of ether oxygens (including phenoxy) is 1. The second-order valence-electron chi connectivity index (χ2n) is 4.33. The van der Waals surface area contributed by atoms with Crippen LogP contribution in [0.2, 0.25) is 0 Å². The zero-order valence-electron chi connectivity index (χ0n) is 11.4. The molecule has 18 heavy (non-hydrogen) atoms. The molecule has 98 valence electrons. The number of nitrogens with zero attached hydrogens (tertiary/aromatic N) is 2. The van der Waals surface area contributed by atoms with Crippen molar-refractivity contribution >= 4 is 5.52 Å². The number of methoxy groups -OCH3 is 1. The Kier molecular flexibility index (Phi) is 4.20. The highest BCUT2D eigenvalue weighted by Crippen LogP contribution is 2.20. The minimum absolute atomic E-state index is 0.802. The Morgan fingerprint density at radius 3 is 2.89 bits per heavy atom. The molecule has 2 rings (SSSR count). The molecule has 0 atom stereocenters. The van der Waals surface area contributed by atoms with Crippen molar-refractivity contribution < 1.29 is 4.74 Å². The molecule has 0 bridgehead atoms. The smallest absolute Gasteiger partial charge is 0.122 e. The molecule has 2 aromatic heterocycles. The second kappa shape index (κ2) is 5.87. The Labute approximate surface area is 108 Å². The topological polar surface area (TPSA) is 38.6 Å². The van der Waals surface area contributed by atoms with Gasteiger partial charge in [-0.3, -0.25) is 0 Å². The number of aryl methyl sites for hydroxylation is 1. The van der Waals surface area contributed by atoms with Crippen LogP contribution in [-0.2, 0) is 13.0 Å². The summed E-state index contributed by atoms with van der Waals surface area (Å²) in [5.74, 6) is 2.01. The van der Waals surface area contributed by atoms with Crippen molar-refractivity contribution in [2.45, 2.75) is 33.2 Å². The van der Waals surface area contributed by atoms with Gasteiger partial charge in [-0.1, -0.05) is 13.8 Å². The van der Waals surface area contributed by atoms with Crippen molar-refractivity contribution in [3.63, 3.8) is 0 Å². The van der Waals surface area contributed by atoms with Crippen molar-refractivity contribution in [2.75, 3.05) is 13.7 Å². The third-order valence-corrected chi connectivity index (χ3v) is 3.02. The molecular weight excluding hydrogens is 226 g/mol. The molecule has 0 fully saturated rings. The van der Waals surface area contributed by atoms with E-state index in [0.717, 1.165) is 48.7 Å². The molecule has 0 spiro atoms. The van der Waals surface area contributed by atoms with Crippen LogP contribution in [0.25, 0.3) is 5.52 Å². The van der Waals surface area contributed by atoms with Crippen molar-refractivity contribution in [2.24, 2.45) is 0 Å². The molecule has 0 aliphatic rings. The Hall–Kier alpha value is -1.55. The molecule has 0 unspecified atom stereocenters. The molecular formula is C14H21N3O. The normalized spacial score (nSPS) is 11.1. The summed E-state index contributed by atoms with van der Waals surface area (Å²) in [6, 6.07) is 4.03. The summed E-state index contributed by atoms with van der Waals surface area (Å²) in [7, 11) is 1.69. The van der Waals surface area contributed by atoms with E-state index < -0.39 is 0 Å². The van der Waals surface area contributed by atoms with Crippen LogP contribution in [0.4, 0.5) is 0 Å². The van der Waals surface area contributed by atoms with Gasteiger partial charge in [0.25, 0.3) is 0 Å². The summed E-state index contributed by atoms with van der Waals surface area (Å²) in [4.78, 5) is 4.74. The maximum absolute atomic E-state index is 5.29. The van der Waals surface area contributed by atoms with E-state index in [1.54, 1.807) is 7.11 Å². The number of pyridine rings is 1. The summed E-state index contributed by atoms with van der Waals surface area (Å²) >= 11 is 0. The van der Waals surface area contributed by atoms with Gasteiger partial charge >= 0.3 is 0 Å². The summed E-state index contributed by atoms with van der Waals surface area (Å²) in [5.41, 5.74) is 2.23. The quantitative estimate of drug-likeness (QED) is 0.852. The van der Waals surface area contributed by atoms with E-state index in [1.807, 2.05) is 12.3 Å². The first-order valence-electron chi connectivity index (χ1n) is 6.54. The van der Waals surface area contributed by atoms with Crippen LogP contribution in [-0.4, -0.2) is 23.0 Å². The van der Waals surface area contributed by atoms with Gasteiger partial charge in [0, 0.05) is 25.2 Å². The van der Waals surface area contributed by atoms with Gasteiger partial charge < -0.3 is 14.5 Å². The van der Waals surface area contributed by atoms with Crippen LogP contribution < -0.4 is 10.1 Å². The van der Waals surface area contributed by atoms with Crippen LogP contribution in [0, 0.1) is 0 Å². The van der Waals surface area contributed by atoms with E-state index in [4.69, 9.17) is 9.72 Å². The molecule has 4 nitrogen and oxygen atoms in total. The van der Waals surface area contributed by atoms with E-state index in [1.165, 1.54) is 0 Å². The lowest BCUT2D eigenvalue weighted by Gasteiger charge is -2.03. The number of aromatic nitrogens is 2. The molecule has 2 aromatic rings. The molecule has 0 aliphatic carbocycles. The largest absolute Gasteiger partial charge is 0.497 e. The summed E-state index contributed by atoms with van der Waals surface area (Å²) < 4.78 is 7.45. The van der Waals surface area contributed by atoms with Crippen molar-refractivity contribution in [1.82, 2.24) is 14.7 Å². The first kappa shape index (κ1) is 12.9. The van der Waals surface area contributed by atoms with E-state index in [2.05, 4.69) is 29.6 Å². The standard InChI is InChI=1S/C14H21N3O/c1-4-6-14-16-12(10-15-5-2)13-9-11(18-3)7-8-17(13)14/h7-9,15H,4-6,10H2,1-3H3. The van der Waals surface area contributed by atoms with E-state index in [0.29, 0.717) is 0 Å². The average molecular weight is 247 g/mol. The fourth-order valence-corrected chi connectivity index (χ4v) is 2.10.